The fourth-order valence-electron chi connectivity index (χ4n) is 2.47. The summed E-state index contributed by atoms with van der Waals surface area (Å²) in [6, 6.07) is 6.89. The molecular formula is C14H21ClN2O2S. The highest BCUT2D eigenvalue weighted by molar-refractivity contribution is 7.89. The van der Waals surface area contributed by atoms with E-state index in [9.17, 15) is 8.42 Å². The molecule has 0 radical (unpaired) electrons. The quantitative estimate of drug-likeness (QED) is 0.799. The first-order chi connectivity index (χ1) is 9.45. The van der Waals surface area contributed by atoms with Crippen molar-refractivity contribution in [3.63, 3.8) is 0 Å². The number of likely N-dealkylation sites (tertiary alicyclic amines) is 1. The van der Waals surface area contributed by atoms with E-state index in [-0.39, 0.29) is 6.04 Å². The minimum absolute atomic E-state index is 0.0869. The van der Waals surface area contributed by atoms with E-state index in [0.29, 0.717) is 10.8 Å². The van der Waals surface area contributed by atoms with Crippen LogP contribution >= 0.6 is 11.6 Å². The van der Waals surface area contributed by atoms with Gasteiger partial charge in [-0.15, -0.1) is 11.6 Å². The van der Waals surface area contributed by atoms with Gasteiger partial charge in [-0.1, -0.05) is 12.1 Å². The van der Waals surface area contributed by atoms with Gasteiger partial charge in [0.2, 0.25) is 10.0 Å². The lowest BCUT2D eigenvalue weighted by molar-refractivity contribution is 0.197. The molecule has 0 saturated carbocycles. The number of rotatable bonds is 4. The minimum atomic E-state index is -3.41. The van der Waals surface area contributed by atoms with Crippen LogP contribution in [0.1, 0.15) is 18.4 Å². The van der Waals surface area contributed by atoms with Gasteiger partial charge in [-0.3, -0.25) is 0 Å². The lowest BCUT2D eigenvalue weighted by Gasteiger charge is -2.34. The van der Waals surface area contributed by atoms with E-state index in [2.05, 4.69) is 11.9 Å². The first-order valence-corrected chi connectivity index (χ1v) is 8.74. The highest BCUT2D eigenvalue weighted by atomic mass is 35.5. The molecule has 2 rings (SSSR count). The van der Waals surface area contributed by atoms with E-state index >= 15 is 0 Å². The van der Waals surface area contributed by atoms with Crippen molar-refractivity contribution in [1.29, 1.82) is 0 Å². The van der Waals surface area contributed by atoms with Crippen LogP contribution in [-0.4, -0.2) is 50.8 Å². The summed E-state index contributed by atoms with van der Waals surface area (Å²) < 4.78 is 26.7. The van der Waals surface area contributed by atoms with Crippen LogP contribution in [-0.2, 0) is 15.9 Å². The second-order valence-electron chi connectivity index (χ2n) is 5.33. The number of alkyl halides is 1. The van der Waals surface area contributed by atoms with Gasteiger partial charge in [0.25, 0.3) is 0 Å². The molecule has 0 amide bonds. The Hall–Kier alpha value is -0.620. The molecule has 20 heavy (non-hydrogen) atoms. The van der Waals surface area contributed by atoms with Gasteiger partial charge in [0.05, 0.1) is 4.90 Å². The number of benzene rings is 1. The molecule has 1 saturated heterocycles. The van der Waals surface area contributed by atoms with Gasteiger partial charge >= 0.3 is 0 Å². The summed E-state index contributed by atoms with van der Waals surface area (Å²) in [4.78, 5) is 2.57. The van der Waals surface area contributed by atoms with Crippen molar-refractivity contribution in [1.82, 2.24) is 9.21 Å². The fourth-order valence-corrected chi connectivity index (χ4v) is 4.07. The third kappa shape index (κ3) is 3.34. The first-order valence-electron chi connectivity index (χ1n) is 6.76. The Morgan fingerprint density at radius 2 is 1.80 bits per heavy atom. The van der Waals surface area contributed by atoms with Crippen LogP contribution < -0.4 is 0 Å². The zero-order valence-electron chi connectivity index (χ0n) is 11.9. The summed E-state index contributed by atoms with van der Waals surface area (Å²) in [7, 11) is 0.337. The monoisotopic (exact) mass is 316 g/mol. The standard InChI is InChI=1S/C14H21ClN2O2S/c1-16-9-7-13(8-10-16)17(2)20(18,19)14-5-3-12(11-15)4-6-14/h3-6,13H,7-11H2,1-2H3. The molecule has 0 bridgehead atoms. The Labute approximate surface area is 126 Å². The lowest BCUT2D eigenvalue weighted by atomic mass is 10.1. The highest BCUT2D eigenvalue weighted by Crippen LogP contribution is 2.22. The molecule has 0 N–H and O–H groups in total. The van der Waals surface area contributed by atoms with Gasteiger partial charge in [-0.05, 0) is 50.7 Å². The summed E-state index contributed by atoms with van der Waals surface area (Å²) in [5, 5.41) is 0. The fraction of sp³-hybridized carbons (Fsp3) is 0.571. The van der Waals surface area contributed by atoms with Crippen LogP contribution in [0.2, 0.25) is 0 Å². The van der Waals surface area contributed by atoms with Crippen LogP contribution in [0.15, 0.2) is 29.2 Å². The second-order valence-corrected chi connectivity index (χ2v) is 7.60. The Morgan fingerprint density at radius 1 is 1.25 bits per heavy atom. The molecule has 1 aliphatic rings. The normalized spacial score (nSPS) is 18.6. The van der Waals surface area contributed by atoms with E-state index in [0.717, 1.165) is 31.5 Å². The van der Waals surface area contributed by atoms with Gasteiger partial charge in [-0.2, -0.15) is 4.31 Å². The van der Waals surface area contributed by atoms with E-state index in [4.69, 9.17) is 11.6 Å². The number of halogens is 1. The average molecular weight is 317 g/mol. The first kappa shape index (κ1) is 15.8. The molecule has 0 aliphatic carbocycles. The minimum Gasteiger partial charge on any atom is -0.306 e. The Bertz CT molecular complexity index is 537. The summed E-state index contributed by atoms with van der Waals surface area (Å²) in [5.74, 6) is 0.394. The SMILES string of the molecule is CN1CCC(N(C)S(=O)(=O)c2ccc(CCl)cc2)CC1. The summed E-state index contributed by atoms with van der Waals surface area (Å²) in [5.41, 5.74) is 0.924. The number of piperidine rings is 1. The van der Waals surface area contributed by atoms with Crippen molar-refractivity contribution < 1.29 is 8.42 Å². The molecule has 0 spiro atoms. The summed E-state index contributed by atoms with van der Waals surface area (Å²) in [6.45, 7) is 1.88. The summed E-state index contributed by atoms with van der Waals surface area (Å²) >= 11 is 5.73. The van der Waals surface area contributed by atoms with Crippen LogP contribution in [0.5, 0.6) is 0 Å². The van der Waals surface area contributed by atoms with Crippen molar-refractivity contribution >= 4 is 21.6 Å². The Balaban J connectivity index is 2.16. The van der Waals surface area contributed by atoms with Crippen molar-refractivity contribution in [2.75, 3.05) is 27.2 Å². The van der Waals surface area contributed by atoms with Crippen LogP contribution in [0.4, 0.5) is 0 Å². The maximum Gasteiger partial charge on any atom is 0.243 e. The number of hydrogen-bond donors (Lipinski definition) is 0. The zero-order valence-corrected chi connectivity index (χ0v) is 13.5. The highest BCUT2D eigenvalue weighted by Gasteiger charge is 2.29. The van der Waals surface area contributed by atoms with Gasteiger partial charge in [0.15, 0.2) is 0 Å². The van der Waals surface area contributed by atoms with Crippen molar-refractivity contribution in [3.8, 4) is 0 Å². The maximum absolute atomic E-state index is 12.6. The third-order valence-electron chi connectivity index (χ3n) is 3.96. The number of hydrogen-bond acceptors (Lipinski definition) is 3. The predicted molar refractivity (Wildman–Crippen MR) is 81.5 cm³/mol. The van der Waals surface area contributed by atoms with E-state index in [1.807, 2.05) is 0 Å². The molecular weight excluding hydrogens is 296 g/mol. The molecule has 4 nitrogen and oxygen atoms in total. The van der Waals surface area contributed by atoms with E-state index in [1.165, 1.54) is 4.31 Å². The molecule has 1 aliphatic heterocycles. The molecule has 0 aromatic heterocycles. The average Bonchev–Trinajstić information content (AvgIpc) is 2.47. The Morgan fingerprint density at radius 3 is 2.30 bits per heavy atom. The maximum atomic E-state index is 12.6. The molecule has 6 heteroatoms. The van der Waals surface area contributed by atoms with Crippen LogP contribution in [0.25, 0.3) is 0 Å². The molecule has 1 aromatic rings. The molecule has 1 heterocycles. The van der Waals surface area contributed by atoms with Crippen LogP contribution in [0, 0.1) is 0 Å². The lowest BCUT2D eigenvalue weighted by Crippen LogP contribution is -2.44. The molecule has 112 valence electrons. The van der Waals surface area contributed by atoms with Crippen molar-refractivity contribution in [2.24, 2.45) is 0 Å². The number of nitrogens with zero attached hydrogens (tertiary/aromatic N) is 2. The predicted octanol–water partition coefficient (Wildman–Crippen LogP) is 2.14. The summed E-state index contributed by atoms with van der Waals surface area (Å²) in [6.07, 6.45) is 1.76. The van der Waals surface area contributed by atoms with Gasteiger partial charge in [0, 0.05) is 19.0 Å². The molecule has 1 aromatic carbocycles. The van der Waals surface area contributed by atoms with Crippen LogP contribution in [0.3, 0.4) is 0 Å². The van der Waals surface area contributed by atoms with Gasteiger partial charge in [-0.25, -0.2) is 8.42 Å². The molecule has 0 unspecified atom stereocenters. The molecule has 1 fully saturated rings. The van der Waals surface area contributed by atoms with Gasteiger partial charge < -0.3 is 4.90 Å². The van der Waals surface area contributed by atoms with Crippen molar-refractivity contribution in [2.45, 2.75) is 29.7 Å². The van der Waals surface area contributed by atoms with E-state index < -0.39 is 10.0 Å². The Kier molecular flexibility index (Phi) is 5.07. The van der Waals surface area contributed by atoms with E-state index in [1.54, 1.807) is 31.3 Å². The van der Waals surface area contributed by atoms with Gasteiger partial charge in [0.1, 0.15) is 0 Å². The number of sulfonamides is 1. The smallest absolute Gasteiger partial charge is 0.243 e. The molecule has 0 atom stereocenters. The second kappa shape index (κ2) is 6.43. The largest absolute Gasteiger partial charge is 0.306 e. The third-order valence-corrected chi connectivity index (χ3v) is 6.19. The topological polar surface area (TPSA) is 40.6 Å². The zero-order chi connectivity index (χ0) is 14.8. The van der Waals surface area contributed by atoms with Crippen molar-refractivity contribution in [3.05, 3.63) is 29.8 Å².